The number of aliphatic hydroxyl groups is 1. The van der Waals surface area contributed by atoms with Crippen LogP contribution in [0.1, 0.15) is 42.5 Å². The van der Waals surface area contributed by atoms with E-state index in [1.54, 1.807) is 0 Å². The van der Waals surface area contributed by atoms with Gasteiger partial charge in [0.2, 0.25) is 5.91 Å². The highest BCUT2D eigenvalue weighted by Gasteiger charge is 2.40. The third-order valence-corrected chi connectivity index (χ3v) is 7.21. The number of likely N-dealkylation sites (N-methyl/N-ethyl adjacent to an activating group) is 1. The lowest BCUT2D eigenvalue weighted by Crippen LogP contribution is -2.49. The van der Waals surface area contributed by atoms with Crippen LogP contribution in [-0.2, 0) is 25.6 Å². The lowest BCUT2D eigenvalue weighted by atomic mass is 9.96. The van der Waals surface area contributed by atoms with E-state index in [2.05, 4.69) is 72.9 Å². The van der Waals surface area contributed by atoms with Gasteiger partial charge in [-0.2, -0.15) is 0 Å². The highest BCUT2D eigenvalue weighted by Crippen LogP contribution is 2.26. The number of amides is 1. The fourth-order valence-corrected chi connectivity index (χ4v) is 4.87. The lowest BCUT2D eigenvalue weighted by Gasteiger charge is -2.38. The van der Waals surface area contributed by atoms with Gasteiger partial charge in [-0.05, 0) is 72.0 Å². The Hall–Kier alpha value is -3.48. The molecule has 2 heterocycles. The number of aliphatic carboxylic acids is 3. The first-order valence-electron chi connectivity index (χ1n) is 13.2. The van der Waals surface area contributed by atoms with Crippen LogP contribution < -0.4 is 0 Å². The van der Waals surface area contributed by atoms with Crippen molar-refractivity contribution in [2.45, 2.75) is 57.6 Å². The van der Waals surface area contributed by atoms with Crippen LogP contribution in [0, 0.1) is 13.8 Å². The third-order valence-electron chi connectivity index (χ3n) is 7.21. The molecular weight excluding hydrogens is 520 g/mol. The summed E-state index contributed by atoms with van der Waals surface area (Å²) in [5.41, 5.74) is 1.92. The number of hydrogen-bond acceptors (Lipinski definition) is 7. The molecule has 1 aromatic carbocycles. The van der Waals surface area contributed by atoms with E-state index in [-0.39, 0.29) is 5.91 Å². The Morgan fingerprint density at radius 1 is 1.00 bits per heavy atom. The highest BCUT2D eigenvalue weighted by atomic mass is 16.4. The molecule has 1 saturated heterocycles. The summed E-state index contributed by atoms with van der Waals surface area (Å²) >= 11 is 0. The molecule has 0 radical (unpaired) electrons. The van der Waals surface area contributed by atoms with Crippen LogP contribution in [-0.4, -0.2) is 123 Å². The normalized spacial score (nSPS) is 14.6. The van der Waals surface area contributed by atoms with Crippen molar-refractivity contribution >= 4 is 34.7 Å². The van der Waals surface area contributed by atoms with E-state index in [0.717, 1.165) is 55.8 Å². The number of carbonyl (C=O) groups is 4. The van der Waals surface area contributed by atoms with Gasteiger partial charge < -0.3 is 40.1 Å². The number of piperidine rings is 1. The number of carboxylic acid groups (broad SMARTS) is 3. The van der Waals surface area contributed by atoms with E-state index in [4.69, 9.17) is 20.4 Å². The van der Waals surface area contributed by atoms with Crippen molar-refractivity contribution in [3.63, 3.8) is 0 Å². The molecule has 1 aliphatic heterocycles. The molecule has 12 heteroatoms. The maximum atomic E-state index is 13.4. The van der Waals surface area contributed by atoms with Crippen molar-refractivity contribution in [3.05, 3.63) is 35.0 Å². The van der Waals surface area contributed by atoms with Gasteiger partial charge in [0, 0.05) is 35.7 Å². The fourth-order valence-electron chi connectivity index (χ4n) is 4.87. The van der Waals surface area contributed by atoms with Crippen molar-refractivity contribution in [3.8, 4) is 0 Å². The molecule has 0 atom stereocenters. The van der Waals surface area contributed by atoms with Gasteiger partial charge in [-0.25, -0.2) is 4.79 Å². The number of fused-ring (bicyclic) bond motifs is 1. The van der Waals surface area contributed by atoms with Gasteiger partial charge in [0.1, 0.15) is 0 Å². The number of aromatic amines is 1. The zero-order valence-electron chi connectivity index (χ0n) is 23.9. The number of rotatable bonds is 11. The second-order valence-electron chi connectivity index (χ2n) is 10.8. The number of nitrogens with one attached hydrogen (secondary N) is 1. The molecular formula is C28H42N4O8. The van der Waals surface area contributed by atoms with Crippen molar-refractivity contribution in [1.82, 2.24) is 19.7 Å². The number of nitrogens with zero attached hydrogens (tertiary/aromatic N) is 3. The predicted octanol–water partition coefficient (Wildman–Crippen LogP) is 1.56. The Bertz CT molecular complexity index is 1180. The first-order valence-corrected chi connectivity index (χ1v) is 13.2. The summed E-state index contributed by atoms with van der Waals surface area (Å²) in [4.78, 5) is 54.0. The number of carboxylic acids is 3. The number of likely N-dealkylation sites (tertiary alicyclic amines) is 1. The van der Waals surface area contributed by atoms with Crippen LogP contribution >= 0.6 is 0 Å². The van der Waals surface area contributed by atoms with E-state index < -0.39 is 36.4 Å². The molecule has 0 bridgehead atoms. The Labute approximate surface area is 234 Å². The molecule has 1 aromatic heterocycles. The summed E-state index contributed by atoms with van der Waals surface area (Å²) in [6.07, 6.45) is 0.335. The topological polar surface area (TPSA) is 175 Å². The molecule has 0 saturated carbocycles. The van der Waals surface area contributed by atoms with Gasteiger partial charge >= 0.3 is 17.9 Å². The van der Waals surface area contributed by atoms with E-state index in [1.165, 1.54) is 10.9 Å². The lowest BCUT2D eigenvalue weighted by molar-refractivity contribution is -0.170. The Morgan fingerprint density at radius 2 is 1.57 bits per heavy atom. The first kappa shape index (κ1) is 32.7. The molecule has 1 aliphatic rings. The average molecular weight is 563 g/mol. The summed E-state index contributed by atoms with van der Waals surface area (Å²) in [7, 11) is 6.31. The molecule has 0 unspecified atom stereocenters. The third kappa shape index (κ3) is 9.04. The SMILES string of the molecule is Cc1[nH]c2c(C)cccc2c1CC(=O)N(CCN(C)C)C1CCN(C)CC1.O=C(O)CC(O)(CC(=O)O)C(=O)O. The zero-order valence-corrected chi connectivity index (χ0v) is 23.9. The maximum absolute atomic E-state index is 13.4. The van der Waals surface area contributed by atoms with Crippen LogP contribution in [0.4, 0.5) is 0 Å². The molecule has 1 amide bonds. The molecule has 12 nitrogen and oxygen atoms in total. The van der Waals surface area contributed by atoms with Crippen LogP contribution in [0.2, 0.25) is 0 Å². The van der Waals surface area contributed by atoms with Crippen molar-refractivity contribution < 1.29 is 39.6 Å². The number of carbonyl (C=O) groups excluding carboxylic acids is 1. The standard InChI is InChI=1S/C22H34N4O.C6H8O7/c1-16-7-6-8-19-20(17(2)23-22(16)19)15-21(27)26(14-13-24(3)4)18-9-11-25(5)12-10-18;7-3(8)1-6(13,5(11)12)2-4(9)10/h6-8,18,23H,9-15H2,1-5H3;13H,1-2H2,(H,7,8)(H,9,10)(H,11,12). The number of hydrogen-bond donors (Lipinski definition) is 5. The summed E-state index contributed by atoms with van der Waals surface area (Å²) in [5, 5.41) is 35.0. The van der Waals surface area contributed by atoms with Crippen LogP contribution in [0.25, 0.3) is 10.9 Å². The summed E-state index contributed by atoms with van der Waals surface area (Å²) in [6, 6.07) is 6.69. The molecule has 2 aromatic rings. The number of aromatic nitrogens is 1. The van der Waals surface area contributed by atoms with Gasteiger partial charge in [-0.15, -0.1) is 0 Å². The quantitative estimate of drug-likeness (QED) is 0.270. The zero-order chi connectivity index (χ0) is 30.2. The Morgan fingerprint density at radius 3 is 2.08 bits per heavy atom. The van der Waals surface area contributed by atoms with Crippen LogP contribution in [0.15, 0.2) is 18.2 Å². The van der Waals surface area contributed by atoms with E-state index in [9.17, 15) is 19.2 Å². The molecule has 0 spiro atoms. The smallest absolute Gasteiger partial charge is 0.336 e. The second-order valence-corrected chi connectivity index (χ2v) is 10.8. The van der Waals surface area contributed by atoms with Gasteiger partial charge in [-0.3, -0.25) is 14.4 Å². The number of benzene rings is 1. The molecule has 0 aliphatic carbocycles. The van der Waals surface area contributed by atoms with Crippen molar-refractivity contribution in [1.29, 1.82) is 0 Å². The number of aryl methyl sites for hydroxylation is 2. The minimum absolute atomic E-state index is 0.261. The first-order chi connectivity index (χ1) is 18.6. The molecule has 1 fully saturated rings. The van der Waals surface area contributed by atoms with Gasteiger partial charge in [-0.1, -0.05) is 18.2 Å². The van der Waals surface area contributed by atoms with Gasteiger partial charge in [0.05, 0.1) is 19.3 Å². The van der Waals surface area contributed by atoms with Gasteiger partial charge in [0.25, 0.3) is 0 Å². The van der Waals surface area contributed by atoms with Gasteiger partial charge in [0.15, 0.2) is 5.60 Å². The minimum atomic E-state index is -2.74. The number of para-hydroxylation sites is 1. The minimum Gasteiger partial charge on any atom is -0.481 e. The summed E-state index contributed by atoms with van der Waals surface area (Å²) < 4.78 is 0. The van der Waals surface area contributed by atoms with Crippen molar-refractivity contribution in [2.75, 3.05) is 47.3 Å². The molecule has 5 N–H and O–H groups in total. The summed E-state index contributed by atoms with van der Waals surface area (Å²) in [6.45, 7) is 8.06. The summed E-state index contributed by atoms with van der Waals surface area (Å²) in [5.74, 6) is -4.76. The molecule has 3 rings (SSSR count). The number of H-pyrrole nitrogens is 1. The Balaban J connectivity index is 0.000000366. The molecule has 40 heavy (non-hydrogen) atoms. The second kappa shape index (κ2) is 14.2. The maximum Gasteiger partial charge on any atom is 0.336 e. The Kier molecular flexibility index (Phi) is 11.7. The van der Waals surface area contributed by atoms with E-state index in [1.807, 2.05) is 0 Å². The largest absolute Gasteiger partial charge is 0.481 e. The predicted molar refractivity (Wildman–Crippen MR) is 149 cm³/mol. The van der Waals surface area contributed by atoms with E-state index in [0.29, 0.717) is 12.5 Å². The fraction of sp³-hybridized carbons (Fsp3) is 0.571. The monoisotopic (exact) mass is 562 g/mol. The molecule has 222 valence electrons. The van der Waals surface area contributed by atoms with Crippen molar-refractivity contribution in [2.24, 2.45) is 0 Å². The average Bonchev–Trinajstić information content (AvgIpc) is 3.15. The van der Waals surface area contributed by atoms with E-state index >= 15 is 0 Å². The van der Waals surface area contributed by atoms with Crippen LogP contribution in [0.3, 0.4) is 0 Å². The highest BCUT2D eigenvalue weighted by molar-refractivity contribution is 5.92. The van der Waals surface area contributed by atoms with Crippen LogP contribution in [0.5, 0.6) is 0 Å².